The fraction of sp³-hybridized carbons (Fsp3) is 0.385. The second-order valence-corrected chi connectivity index (χ2v) is 3.90. The number of hydrogen-bond donors (Lipinski definition) is 2. The Hall–Kier alpha value is -2.06. The topological polar surface area (TPSA) is 84.6 Å². The van der Waals surface area contributed by atoms with Crippen LogP contribution in [0.1, 0.15) is 23.7 Å². The van der Waals surface area contributed by atoms with Crippen molar-refractivity contribution < 1.29 is 15.0 Å². The number of phenols is 2. The molecule has 0 aliphatic carbocycles. The molecule has 0 heterocycles. The number of hydrogen-bond acceptors (Lipinski definition) is 5. The van der Waals surface area contributed by atoms with E-state index in [4.69, 9.17) is 10.4 Å². The summed E-state index contributed by atoms with van der Waals surface area (Å²) in [6.45, 7) is 3.24. The summed E-state index contributed by atoms with van der Waals surface area (Å²) in [5.41, 5.74) is 0.184. The standard InChI is InChI=1S/C13H16N2O3/c1-2-15(7-3-6-14)9-13(18)11-5-4-10(16)8-12(11)17/h4-5,8,16-17H,2-3,7,9H2,1H3. The van der Waals surface area contributed by atoms with E-state index in [0.29, 0.717) is 19.5 Å². The molecule has 0 aromatic heterocycles. The van der Waals surface area contributed by atoms with Crippen LogP contribution in [0.15, 0.2) is 18.2 Å². The Bertz CT molecular complexity index is 466. The predicted molar refractivity (Wildman–Crippen MR) is 66.4 cm³/mol. The van der Waals surface area contributed by atoms with E-state index in [9.17, 15) is 9.90 Å². The number of phenolic OH excluding ortho intramolecular Hbond substituents is 2. The maximum atomic E-state index is 11.9. The van der Waals surface area contributed by atoms with Crippen LogP contribution in [0.2, 0.25) is 0 Å². The van der Waals surface area contributed by atoms with Gasteiger partial charge in [-0.2, -0.15) is 5.26 Å². The molecule has 1 rings (SSSR count). The van der Waals surface area contributed by atoms with Gasteiger partial charge in [0.1, 0.15) is 11.5 Å². The minimum absolute atomic E-state index is 0.0825. The summed E-state index contributed by atoms with van der Waals surface area (Å²) < 4.78 is 0. The summed E-state index contributed by atoms with van der Waals surface area (Å²) in [7, 11) is 0. The summed E-state index contributed by atoms with van der Waals surface area (Å²) in [5, 5.41) is 27.2. The number of nitrogens with zero attached hydrogens (tertiary/aromatic N) is 2. The third-order valence-corrected chi connectivity index (χ3v) is 2.64. The van der Waals surface area contributed by atoms with Gasteiger partial charge in [0.2, 0.25) is 0 Å². The molecule has 0 saturated carbocycles. The first-order valence-corrected chi connectivity index (χ1v) is 5.73. The van der Waals surface area contributed by atoms with E-state index >= 15 is 0 Å². The first-order valence-electron chi connectivity index (χ1n) is 5.73. The first kappa shape index (κ1) is 14.0. The van der Waals surface area contributed by atoms with Gasteiger partial charge in [0.15, 0.2) is 5.78 Å². The van der Waals surface area contributed by atoms with E-state index < -0.39 is 0 Å². The number of nitriles is 1. The maximum absolute atomic E-state index is 11.9. The number of likely N-dealkylation sites (N-methyl/N-ethyl adjacent to an activating group) is 1. The molecular formula is C13H16N2O3. The summed E-state index contributed by atoms with van der Waals surface area (Å²) in [6, 6.07) is 5.92. The summed E-state index contributed by atoms with van der Waals surface area (Å²) in [4.78, 5) is 13.8. The molecule has 0 unspecified atom stereocenters. The summed E-state index contributed by atoms with van der Waals surface area (Å²) >= 11 is 0. The van der Waals surface area contributed by atoms with Crippen LogP contribution in [0, 0.1) is 11.3 Å². The number of carbonyl (C=O) groups excluding carboxylic acids is 1. The van der Waals surface area contributed by atoms with Crippen molar-refractivity contribution in [2.24, 2.45) is 0 Å². The average molecular weight is 248 g/mol. The van der Waals surface area contributed by atoms with Crippen molar-refractivity contribution in [2.75, 3.05) is 19.6 Å². The minimum atomic E-state index is -0.229. The number of carbonyl (C=O) groups is 1. The molecule has 5 nitrogen and oxygen atoms in total. The Balaban J connectivity index is 2.72. The Morgan fingerprint density at radius 1 is 1.44 bits per heavy atom. The SMILES string of the molecule is CCN(CCC#N)CC(=O)c1ccc(O)cc1O. The maximum Gasteiger partial charge on any atom is 0.180 e. The molecule has 0 amide bonds. The van der Waals surface area contributed by atoms with E-state index in [1.165, 1.54) is 12.1 Å². The number of ketones is 1. The van der Waals surface area contributed by atoms with Crippen LogP contribution in [0.4, 0.5) is 0 Å². The molecule has 0 spiro atoms. The molecule has 0 aliphatic rings. The zero-order valence-electron chi connectivity index (χ0n) is 10.3. The zero-order valence-corrected chi connectivity index (χ0v) is 10.3. The fourth-order valence-electron chi connectivity index (χ4n) is 1.60. The van der Waals surface area contributed by atoms with Crippen molar-refractivity contribution >= 4 is 5.78 Å². The highest BCUT2D eigenvalue weighted by molar-refractivity contribution is 6.00. The normalized spacial score (nSPS) is 10.3. The van der Waals surface area contributed by atoms with Crippen molar-refractivity contribution in [2.45, 2.75) is 13.3 Å². The second kappa shape index (κ2) is 6.62. The van der Waals surface area contributed by atoms with Gasteiger partial charge in [0, 0.05) is 19.0 Å². The van der Waals surface area contributed by atoms with Crippen molar-refractivity contribution in [3.8, 4) is 17.6 Å². The van der Waals surface area contributed by atoms with Gasteiger partial charge in [-0.1, -0.05) is 6.92 Å². The lowest BCUT2D eigenvalue weighted by Gasteiger charge is -2.18. The number of benzene rings is 1. The van der Waals surface area contributed by atoms with E-state index in [0.717, 1.165) is 6.07 Å². The Kier molecular flexibility index (Phi) is 5.15. The molecule has 0 saturated heterocycles. The van der Waals surface area contributed by atoms with Crippen molar-refractivity contribution in [1.82, 2.24) is 4.90 Å². The molecule has 0 radical (unpaired) electrons. The fourth-order valence-corrected chi connectivity index (χ4v) is 1.60. The molecule has 1 aromatic carbocycles. The Labute approximate surface area is 106 Å². The highest BCUT2D eigenvalue weighted by atomic mass is 16.3. The van der Waals surface area contributed by atoms with Gasteiger partial charge < -0.3 is 10.2 Å². The monoisotopic (exact) mass is 248 g/mol. The molecule has 0 aliphatic heterocycles. The van der Waals surface area contributed by atoms with Crippen molar-refractivity contribution in [3.05, 3.63) is 23.8 Å². The smallest absolute Gasteiger partial charge is 0.180 e. The van der Waals surface area contributed by atoms with Crippen LogP contribution in [0.5, 0.6) is 11.5 Å². The molecule has 0 atom stereocenters. The molecule has 2 N–H and O–H groups in total. The summed E-state index contributed by atoms with van der Waals surface area (Å²) in [6.07, 6.45) is 0.364. The third-order valence-electron chi connectivity index (χ3n) is 2.64. The van der Waals surface area contributed by atoms with Crippen LogP contribution < -0.4 is 0 Å². The zero-order chi connectivity index (χ0) is 13.5. The van der Waals surface area contributed by atoms with Gasteiger partial charge >= 0.3 is 0 Å². The van der Waals surface area contributed by atoms with Gasteiger partial charge in [-0.15, -0.1) is 0 Å². The van der Waals surface area contributed by atoms with Gasteiger partial charge in [-0.25, -0.2) is 0 Å². The number of aromatic hydroxyl groups is 2. The average Bonchev–Trinajstić information content (AvgIpc) is 2.34. The highest BCUT2D eigenvalue weighted by Gasteiger charge is 2.14. The van der Waals surface area contributed by atoms with E-state index in [1.807, 2.05) is 17.9 Å². The molecule has 1 aromatic rings. The minimum Gasteiger partial charge on any atom is -0.508 e. The van der Waals surface area contributed by atoms with E-state index in [2.05, 4.69) is 0 Å². The van der Waals surface area contributed by atoms with Crippen LogP contribution >= 0.6 is 0 Å². The van der Waals surface area contributed by atoms with E-state index in [-0.39, 0.29) is 29.4 Å². The number of rotatable bonds is 6. The molecule has 0 fully saturated rings. The van der Waals surface area contributed by atoms with Crippen LogP contribution in [0.25, 0.3) is 0 Å². The largest absolute Gasteiger partial charge is 0.508 e. The van der Waals surface area contributed by atoms with E-state index in [1.54, 1.807) is 0 Å². The highest BCUT2D eigenvalue weighted by Crippen LogP contribution is 2.23. The first-order chi connectivity index (χ1) is 8.58. The van der Waals surface area contributed by atoms with Crippen LogP contribution in [0.3, 0.4) is 0 Å². The molecule has 96 valence electrons. The van der Waals surface area contributed by atoms with Crippen molar-refractivity contribution in [3.63, 3.8) is 0 Å². The van der Waals surface area contributed by atoms with Gasteiger partial charge in [-0.05, 0) is 18.7 Å². The summed E-state index contributed by atoms with van der Waals surface area (Å²) in [5.74, 6) is -0.537. The predicted octanol–water partition coefficient (Wildman–Crippen LogP) is 1.52. The molecular weight excluding hydrogens is 232 g/mol. The Morgan fingerprint density at radius 2 is 2.17 bits per heavy atom. The second-order valence-electron chi connectivity index (χ2n) is 3.90. The van der Waals surface area contributed by atoms with Crippen LogP contribution in [-0.4, -0.2) is 40.5 Å². The lowest BCUT2D eigenvalue weighted by molar-refractivity contribution is 0.0932. The molecule has 18 heavy (non-hydrogen) atoms. The quantitative estimate of drug-likeness (QED) is 0.745. The van der Waals surface area contributed by atoms with Gasteiger partial charge in [-0.3, -0.25) is 9.69 Å². The molecule has 5 heteroatoms. The number of Topliss-reactive ketones (excluding diaryl/α,β-unsaturated/α-hetero) is 1. The molecule has 0 bridgehead atoms. The lowest BCUT2D eigenvalue weighted by Crippen LogP contribution is -2.30. The van der Waals surface area contributed by atoms with Crippen LogP contribution in [-0.2, 0) is 0 Å². The van der Waals surface area contributed by atoms with Gasteiger partial charge in [0.05, 0.1) is 18.2 Å². The third kappa shape index (κ3) is 3.75. The van der Waals surface area contributed by atoms with Crippen molar-refractivity contribution in [1.29, 1.82) is 5.26 Å². The van der Waals surface area contributed by atoms with Gasteiger partial charge in [0.25, 0.3) is 0 Å². The lowest BCUT2D eigenvalue weighted by atomic mass is 10.1. The Morgan fingerprint density at radius 3 is 2.72 bits per heavy atom.